The molecule has 0 saturated carbocycles. The van der Waals surface area contributed by atoms with Crippen molar-refractivity contribution in [2.75, 3.05) is 0 Å². The van der Waals surface area contributed by atoms with E-state index in [1.54, 1.807) is 0 Å². The van der Waals surface area contributed by atoms with E-state index in [-0.39, 0.29) is 5.56 Å². The van der Waals surface area contributed by atoms with E-state index in [4.69, 9.17) is 0 Å². The molecule has 0 N–H and O–H groups in total. The van der Waals surface area contributed by atoms with Crippen LogP contribution in [0.5, 0.6) is 0 Å². The zero-order valence-corrected chi connectivity index (χ0v) is 12.2. The standard InChI is InChI=1S/C12H7F6N3O2S/c13-6-3-1-2-5(9(6)15)8-4-7(14)10-19-11(20-21(8)10)24(22,23)12(16,17)18/h1-3,7-8H,4H2/t7-,8?/m1/s1. The Kier molecular flexibility index (Phi) is 3.62. The van der Waals surface area contributed by atoms with Crippen molar-refractivity contribution in [3.8, 4) is 0 Å². The highest BCUT2D eigenvalue weighted by molar-refractivity contribution is 7.92. The van der Waals surface area contributed by atoms with E-state index >= 15 is 0 Å². The largest absolute Gasteiger partial charge is 0.505 e. The van der Waals surface area contributed by atoms with Crippen LogP contribution in [0, 0.1) is 11.6 Å². The highest BCUT2D eigenvalue weighted by Crippen LogP contribution is 2.41. The Hall–Kier alpha value is -2.11. The molecule has 1 aliphatic rings. The maximum Gasteiger partial charge on any atom is 0.505 e. The van der Waals surface area contributed by atoms with Gasteiger partial charge in [-0.05, 0) is 6.07 Å². The van der Waals surface area contributed by atoms with Crippen LogP contribution in [0.2, 0.25) is 0 Å². The lowest BCUT2D eigenvalue weighted by molar-refractivity contribution is -0.0440. The second-order valence-corrected chi connectivity index (χ2v) is 6.84. The minimum absolute atomic E-state index is 0.364. The van der Waals surface area contributed by atoms with Gasteiger partial charge in [0.25, 0.3) is 5.16 Å². The van der Waals surface area contributed by atoms with Crippen molar-refractivity contribution in [2.45, 2.75) is 29.3 Å². The summed E-state index contributed by atoms with van der Waals surface area (Å²) >= 11 is 0. The maximum atomic E-state index is 14.0. The normalized spacial score (nSPS) is 21.1. The lowest BCUT2D eigenvalue weighted by atomic mass is 10.0. The first kappa shape index (κ1) is 16.7. The first-order chi connectivity index (χ1) is 11.0. The summed E-state index contributed by atoms with van der Waals surface area (Å²) in [6, 6.07) is 1.73. The van der Waals surface area contributed by atoms with Gasteiger partial charge in [-0.25, -0.2) is 26.3 Å². The van der Waals surface area contributed by atoms with Gasteiger partial charge in [-0.15, -0.1) is 5.10 Å². The lowest BCUT2D eigenvalue weighted by Crippen LogP contribution is -2.25. The molecule has 2 aromatic rings. The Bertz CT molecular complexity index is 908. The molecule has 0 radical (unpaired) electrons. The van der Waals surface area contributed by atoms with Crippen molar-refractivity contribution in [1.82, 2.24) is 14.8 Å². The van der Waals surface area contributed by atoms with E-state index in [0.29, 0.717) is 4.68 Å². The average Bonchev–Trinajstić information content (AvgIpc) is 3.02. The predicted molar refractivity (Wildman–Crippen MR) is 66.2 cm³/mol. The highest BCUT2D eigenvalue weighted by atomic mass is 32.2. The van der Waals surface area contributed by atoms with Gasteiger partial charge in [-0.2, -0.15) is 18.2 Å². The molecular formula is C12H7F6N3O2S. The van der Waals surface area contributed by atoms with Gasteiger partial charge >= 0.3 is 15.3 Å². The van der Waals surface area contributed by atoms with Crippen LogP contribution in [0.1, 0.15) is 30.0 Å². The molecular weight excluding hydrogens is 364 g/mol. The smallest absolute Gasteiger partial charge is 0.239 e. The molecule has 0 fully saturated rings. The molecule has 2 atom stereocenters. The third-order valence-electron chi connectivity index (χ3n) is 3.53. The molecule has 0 saturated heterocycles. The van der Waals surface area contributed by atoms with E-state index in [1.165, 1.54) is 0 Å². The number of sulfone groups is 1. The third kappa shape index (κ3) is 2.36. The van der Waals surface area contributed by atoms with Crippen LogP contribution < -0.4 is 0 Å². The summed E-state index contributed by atoms with van der Waals surface area (Å²) < 4.78 is 102. The Labute approximate surface area is 130 Å². The number of rotatable bonds is 2. The molecule has 3 rings (SSSR count). The molecule has 1 aliphatic heterocycles. The molecule has 2 heterocycles. The molecule has 0 amide bonds. The second kappa shape index (κ2) is 5.19. The molecule has 1 aromatic carbocycles. The molecule has 5 nitrogen and oxygen atoms in total. The Morgan fingerprint density at radius 3 is 2.50 bits per heavy atom. The van der Waals surface area contributed by atoms with Crippen molar-refractivity contribution in [2.24, 2.45) is 0 Å². The predicted octanol–water partition coefficient (Wildman–Crippen LogP) is 2.85. The fraction of sp³-hybridized carbons (Fsp3) is 0.333. The molecule has 0 bridgehead atoms. The number of aromatic nitrogens is 3. The SMILES string of the molecule is O=S(=O)(c1nc2n(n1)C(c1cccc(F)c1F)C[C@H]2F)C(F)(F)F. The Morgan fingerprint density at radius 1 is 1.21 bits per heavy atom. The van der Waals surface area contributed by atoms with Crippen LogP contribution >= 0.6 is 0 Å². The zero-order valence-electron chi connectivity index (χ0n) is 11.4. The van der Waals surface area contributed by atoms with Gasteiger partial charge in [0.2, 0.25) is 0 Å². The molecule has 0 spiro atoms. The first-order valence-electron chi connectivity index (χ1n) is 6.40. The van der Waals surface area contributed by atoms with Crippen molar-refractivity contribution in [1.29, 1.82) is 0 Å². The monoisotopic (exact) mass is 371 g/mol. The summed E-state index contributed by atoms with van der Waals surface area (Å²) in [4.78, 5) is 3.09. The van der Waals surface area contributed by atoms with E-state index in [0.717, 1.165) is 18.2 Å². The minimum atomic E-state index is -5.88. The van der Waals surface area contributed by atoms with Crippen LogP contribution in [-0.4, -0.2) is 28.7 Å². The molecule has 1 unspecified atom stereocenters. The van der Waals surface area contributed by atoms with E-state index in [9.17, 15) is 34.8 Å². The molecule has 1 aromatic heterocycles. The highest BCUT2D eigenvalue weighted by Gasteiger charge is 2.51. The van der Waals surface area contributed by atoms with E-state index < -0.39 is 56.6 Å². The number of fused-ring (bicyclic) bond motifs is 1. The van der Waals surface area contributed by atoms with Crippen molar-refractivity contribution >= 4 is 9.84 Å². The van der Waals surface area contributed by atoms with E-state index in [1.807, 2.05) is 0 Å². The van der Waals surface area contributed by atoms with Crippen molar-refractivity contribution in [3.63, 3.8) is 0 Å². The summed E-state index contributed by atoms with van der Waals surface area (Å²) in [5.74, 6) is -3.25. The first-order valence-corrected chi connectivity index (χ1v) is 7.88. The molecule has 0 aliphatic carbocycles. The number of benzene rings is 1. The van der Waals surface area contributed by atoms with Gasteiger partial charge in [-0.1, -0.05) is 12.1 Å². The van der Waals surface area contributed by atoms with Gasteiger partial charge < -0.3 is 0 Å². The summed E-state index contributed by atoms with van der Waals surface area (Å²) in [5, 5.41) is 1.55. The minimum Gasteiger partial charge on any atom is -0.239 e. The number of nitrogens with zero attached hydrogens (tertiary/aromatic N) is 3. The molecule has 12 heteroatoms. The summed E-state index contributed by atoms with van der Waals surface area (Å²) in [7, 11) is -5.88. The lowest BCUT2D eigenvalue weighted by Gasteiger charge is -2.13. The number of hydrogen-bond acceptors (Lipinski definition) is 4. The number of halogens is 6. The fourth-order valence-corrected chi connectivity index (χ4v) is 3.03. The van der Waals surface area contributed by atoms with Gasteiger partial charge in [-0.3, -0.25) is 0 Å². The Balaban J connectivity index is 2.12. The van der Waals surface area contributed by atoms with Crippen LogP contribution in [0.25, 0.3) is 0 Å². The number of alkyl halides is 4. The summed E-state index contributed by atoms with van der Waals surface area (Å²) in [6.45, 7) is 0. The van der Waals surface area contributed by atoms with Gasteiger partial charge in [0.15, 0.2) is 23.6 Å². The average molecular weight is 371 g/mol. The van der Waals surface area contributed by atoms with Gasteiger partial charge in [0.1, 0.15) is 0 Å². The second-order valence-electron chi connectivity index (χ2n) is 5.01. The van der Waals surface area contributed by atoms with Gasteiger partial charge in [0.05, 0.1) is 6.04 Å². The van der Waals surface area contributed by atoms with Crippen LogP contribution in [-0.2, 0) is 9.84 Å². The van der Waals surface area contributed by atoms with Crippen molar-refractivity contribution in [3.05, 3.63) is 41.2 Å². The zero-order chi connectivity index (χ0) is 17.9. The third-order valence-corrected chi connectivity index (χ3v) is 4.79. The van der Waals surface area contributed by atoms with Crippen LogP contribution in [0.15, 0.2) is 23.4 Å². The summed E-state index contributed by atoms with van der Waals surface area (Å²) in [6.07, 6.45) is -2.43. The summed E-state index contributed by atoms with van der Waals surface area (Å²) in [5.41, 5.74) is -6.03. The Morgan fingerprint density at radius 2 is 1.88 bits per heavy atom. The molecule has 24 heavy (non-hydrogen) atoms. The maximum absolute atomic E-state index is 14.0. The van der Waals surface area contributed by atoms with Crippen LogP contribution in [0.3, 0.4) is 0 Å². The topological polar surface area (TPSA) is 64.8 Å². The fourth-order valence-electron chi connectivity index (χ4n) is 2.41. The van der Waals surface area contributed by atoms with Gasteiger partial charge in [0, 0.05) is 12.0 Å². The van der Waals surface area contributed by atoms with Crippen molar-refractivity contribution < 1.29 is 34.8 Å². The van der Waals surface area contributed by atoms with Crippen LogP contribution in [0.4, 0.5) is 26.3 Å². The number of hydrogen-bond donors (Lipinski definition) is 0. The molecule has 130 valence electrons. The van der Waals surface area contributed by atoms with E-state index in [2.05, 4.69) is 10.1 Å². The quantitative estimate of drug-likeness (QED) is 0.762.